The van der Waals surface area contributed by atoms with Gasteiger partial charge in [-0.1, -0.05) is 6.07 Å². The molecule has 0 aromatic heterocycles. The van der Waals surface area contributed by atoms with Gasteiger partial charge in [0.1, 0.15) is 0 Å². The number of likely N-dealkylation sites (N-methyl/N-ethyl adjacent to an activating group) is 2. The van der Waals surface area contributed by atoms with E-state index < -0.39 is 18.5 Å². The van der Waals surface area contributed by atoms with Crippen molar-refractivity contribution in [1.29, 1.82) is 0 Å². The van der Waals surface area contributed by atoms with Crippen molar-refractivity contribution in [1.82, 2.24) is 10.2 Å². The monoisotopic (exact) mass is 334 g/mol. The van der Waals surface area contributed by atoms with Crippen molar-refractivity contribution in [3.63, 3.8) is 0 Å². The van der Waals surface area contributed by atoms with Crippen LogP contribution in [0.4, 0.5) is 0 Å². The van der Waals surface area contributed by atoms with Gasteiger partial charge in [-0.05, 0) is 23.8 Å². The normalized spacial score (nSPS) is 12.1. The lowest BCUT2D eigenvalue weighted by Gasteiger charge is -2.15. The third-order valence-electron chi connectivity index (χ3n) is 3.23. The number of esters is 1. The topological polar surface area (TPSA) is 94.2 Å². The summed E-state index contributed by atoms with van der Waals surface area (Å²) in [6, 6.07) is 5.23. The number of nitrogens with zero attached hydrogens (tertiary/aromatic N) is 1. The minimum Gasteiger partial charge on any atom is -0.454 e. The maximum atomic E-state index is 11.7. The molecule has 0 atom stereocenters. The van der Waals surface area contributed by atoms with E-state index in [9.17, 15) is 14.4 Å². The van der Waals surface area contributed by atoms with Gasteiger partial charge in [0, 0.05) is 20.2 Å². The SMILES string of the molecule is CNC(=O)CN(C)C(=O)COC(=O)/C=C/c1ccc2c(c1)OCO2. The Labute approximate surface area is 139 Å². The van der Waals surface area contributed by atoms with Gasteiger partial charge in [-0.2, -0.15) is 0 Å². The highest BCUT2D eigenvalue weighted by Crippen LogP contribution is 2.32. The first-order valence-electron chi connectivity index (χ1n) is 7.18. The van der Waals surface area contributed by atoms with E-state index in [1.165, 1.54) is 25.1 Å². The molecule has 2 amide bonds. The largest absolute Gasteiger partial charge is 0.454 e. The van der Waals surface area contributed by atoms with E-state index in [4.69, 9.17) is 14.2 Å². The number of amides is 2. The van der Waals surface area contributed by atoms with Crippen LogP contribution in [0.15, 0.2) is 24.3 Å². The first-order valence-corrected chi connectivity index (χ1v) is 7.18. The van der Waals surface area contributed by atoms with Gasteiger partial charge in [-0.3, -0.25) is 9.59 Å². The third kappa shape index (κ3) is 4.73. The Hall–Kier alpha value is -3.03. The fourth-order valence-corrected chi connectivity index (χ4v) is 1.85. The lowest BCUT2D eigenvalue weighted by Crippen LogP contribution is -2.38. The van der Waals surface area contributed by atoms with E-state index in [1.807, 2.05) is 0 Å². The average Bonchev–Trinajstić information content (AvgIpc) is 3.05. The van der Waals surface area contributed by atoms with Crippen molar-refractivity contribution in [2.24, 2.45) is 0 Å². The highest BCUT2D eigenvalue weighted by molar-refractivity contribution is 5.90. The Morgan fingerprint density at radius 3 is 2.79 bits per heavy atom. The number of carbonyl (C=O) groups is 3. The van der Waals surface area contributed by atoms with Crippen LogP contribution in [-0.4, -0.2) is 56.7 Å². The Morgan fingerprint density at radius 2 is 2.04 bits per heavy atom. The first-order chi connectivity index (χ1) is 11.5. The zero-order valence-electron chi connectivity index (χ0n) is 13.4. The summed E-state index contributed by atoms with van der Waals surface area (Å²) in [5.41, 5.74) is 0.735. The lowest BCUT2D eigenvalue weighted by atomic mass is 10.2. The van der Waals surface area contributed by atoms with Gasteiger partial charge in [0.05, 0.1) is 6.54 Å². The van der Waals surface area contributed by atoms with Gasteiger partial charge >= 0.3 is 5.97 Å². The Morgan fingerprint density at radius 1 is 1.29 bits per heavy atom. The minimum atomic E-state index is -0.658. The van der Waals surface area contributed by atoms with Crippen LogP contribution in [-0.2, 0) is 19.1 Å². The fraction of sp³-hybridized carbons (Fsp3) is 0.312. The molecule has 0 aliphatic carbocycles. The van der Waals surface area contributed by atoms with Crippen LogP contribution in [0.2, 0.25) is 0 Å². The van der Waals surface area contributed by atoms with E-state index in [1.54, 1.807) is 24.3 Å². The summed E-state index contributed by atoms with van der Waals surface area (Å²) in [6.45, 7) is -0.353. The second kappa shape index (κ2) is 8.00. The van der Waals surface area contributed by atoms with E-state index in [0.717, 1.165) is 5.56 Å². The maximum Gasteiger partial charge on any atom is 0.331 e. The van der Waals surface area contributed by atoms with Crippen molar-refractivity contribution in [3.8, 4) is 11.5 Å². The van der Waals surface area contributed by atoms with Crippen LogP contribution in [0.25, 0.3) is 6.08 Å². The molecule has 0 bridgehead atoms. The van der Waals surface area contributed by atoms with Crippen LogP contribution in [0.1, 0.15) is 5.56 Å². The first kappa shape index (κ1) is 17.3. The number of fused-ring (bicyclic) bond motifs is 1. The molecule has 1 N–H and O–H groups in total. The molecule has 1 heterocycles. The number of hydrogen-bond donors (Lipinski definition) is 1. The fourth-order valence-electron chi connectivity index (χ4n) is 1.85. The number of carbonyl (C=O) groups excluding carboxylic acids is 3. The molecule has 1 aliphatic rings. The van der Waals surface area contributed by atoms with Crippen LogP contribution in [0.5, 0.6) is 11.5 Å². The average molecular weight is 334 g/mol. The Kier molecular flexibility index (Phi) is 5.78. The molecule has 0 unspecified atom stereocenters. The quantitative estimate of drug-likeness (QED) is 0.589. The predicted molar refractivity (Wildman–Crippen MR) is 84.3 cm³/mol. The number of ether oxygens (including phenoxy) is 3. The van der Waals surface area contributed by atoms with Crippen molar-refractivity contribution in [2.75, 3.05) is 34.0 Å². The second-order valence-corrected chi connectivity index (χ2v) is 4.98. The number of rotatable bonds is 6. The molecular formula is C16H18N2O6. The number of benzene rings is 1. The van der Waals surface area contributed by atoms with Crippen molar-refractivity contribution in [3.05, 3.63) is 29.8 Å². The third-order valence-corrected chi connectivity index (χ3v) is 3.23. The Balaban J connectivity index is 1.80. The van der Waals surface area contributed by atoms with Crippen LogP contribution < -0.4 is 14.8 Å². The molecule has 0 saturated carbocycles. The van der Waals surface area contributed by atoms with Crippen LogP contribution in [0, 0.1) is 0 Å². The molecule has 0 radical (unpaired) electrons. The van der Waals surface area contributed by atoms with Crippen molar-refractivity contribution in [2.45, 2.75) is 0 Å². The van der Waals surface area contributed by atoms with E-state index >= 15 is 0 Å². The van der Waals surface area contributed by atoms with E-state index in [-0.39, 0.29) is 19.2 Å². The molecule has 24 heavy (non-hydrogen) atoms. The van der Waals surface area contributed by atoms with Gasteiger partial charge in [0.15, 0.2) is 18.1 Å². The van der Waals surface area contributed by atoms with Gasteiger partial charge in [0.2, 0.25) is 12.7 Å². The summed E-state index contributed by atoms with van der Waals surface area (Å²) in [6.07, 6.45) is 2.76. The highest BCUT2D eigenvalue weighted by atomic mass is 16.7. The second-order valence-electron chi connectivity index (χ2n) is 4.98. The molecule has 0 fully saturated rings. The molecule has 0 spiro atoms. The summed E-state index contributed by atoms with van der Waals surface area (Å²) in [4.78, 5) is 35.7. The van der Waals surface area contributed by atoms with E-state index in [0.29, 0.717) is 11.5 Å². The summed E-state index contributed by atoms with van der Waals surface area (Å²) < 4.78 is 15.3. The smallest absolute Gasteiger partial charge is 0.331 e. The maximum absolute atomic E-state index is 11.7. The molecular weight excluding hydrogens is 316 g/mol. The molecule has 2 rings (SSSR count). The highest BCUT2D eigenvalue weighted by Gasteiger charge is 2.14. The molecule has 8 nitrogen and oxygen atoms in total. The zero-order chi connectivity index (χ0) is 17.5. The van der Waals surface area contributed by atoms with Gasteiger partial charge in [0.25, 0.3) is 5.91 Å². The molecule has 1 aliphatic heterocycles. The summed E-state index contributed by atoms with van der Waals surface area (Å²) in [5.74, 6) is -0.173. The zero-order valence-corrected chi connectivity index (χ0v) is 13.4. The molecule has 128 valence electrons. The molecule has 1 aromatic carbocycles. The summed E-state index contributed by atoms with van der Waals surface area (Å²) in [7, 11) is 2.93. The van der Waals surface area contributed by atoms with Gasteiger partial charge < -0.3 is 24.4 Å². The van der Waals surface area contributed by atoms with Gasteiger partial charge in [-0.25, -0.2) is 4.79 Å². The summed E-state index contributed by atoms with van der Waals surface area (Å²) >= 11 is 0. The molecule has 0 saturated heterocycles. The van der Waals surface area contributed by atoms with E-state index in [2.05, 4.69) is 5.32 Å². The molecule has 8 heteroatoms. The van der Waals surface area contributed by atoms with Gasteiger partial charge in [-0.15, -0.1) is 0 Å². The standard InChI is InChI=1S/C16H18N2O6/c1-17-14(19)8-18(2)15(20)9-22-16(21)6-4-11-3-5-12-13(7-11)24-10-23-12/h3-7H,8-10H2,1-2H3,(H,17,19)/b6-4+. The summed E-state index contributed by atoms with van der Waals surface area (Å²) in [5, 5.41) is 2.40. The minimum absolute atomic E-state index is 0.0973. The van der Waals surface area contributed by atoms with Crippen molar-refractivity contribution < 1.29 is 28.6 Å². The molecule has 1 aromatic rings. The van der Waals surface area contributed by atoms with Crippen LogP contribution >= 0.6 is 0 Å². The number of nitrogens with one attached hydrogen (secondary N) is 1. The Bertz CT molecular complexity index is 671. The predicted octanol–water partition coefficient (Wildman–Crippen LogP) is 0.176. The number of hydrogen-bond acceptors (Lipinski definition) is 6. The van der Waals surface area contributed by atoms with Crippen molar-refractivity contribution >= 4 is 23.9 Å². The van der Waals surface area contributed by atoms with Crippen LogP contribution in [0.3, 0.4) is 0 Å². The lowest BCUT2D eigenvalue weighted by molar-refractivity contribution is -0.148.